The maximum atomic E-state index is 12.9. The molecule has 0 saturated heterocycles. The van der Waals surface area contributed by atoms with Crippen LogP contribution in [0.2, 0.25) is 0 Å². The predicted octanol–water partition coefficient (Wildman–Crippen LogP) is 24.6. The highest BCUT2D eigenvalue weighted by atomic mass is 16.6. The molecule has 1 unspecified atom stereocenters. The van der Waals surface area contributed by atoms with E-state index in [0.29, 0.717) is 19.3 Å². The zero-order chi connectivity index (χ0) is 59.2. The molecule has 0 N–H and O–H groups in total. The van der Waals surface area contributed by atoms with Gasteiger partial charge in [0.15, 0.2) is 6.10 Å². The Kier molecular flexibility index (Phi) is 67.2. The van der Waals surface area contributed by atoms with Gasteiger partial charge in [0.1, 0.15) is 13.2 Å². The van der Waals surface area contributed by atoms with Crippen molar-refractivity contribution in [2.24, 2.45) is 0 Å². The number of esters is 3. The molecule has 0 aromatic rings. The zero-order valence-corrected chi connectivity index (χ0v) is 54.5. The number of hydrogen-bond acceptors (Lipinski definition) is 6. The maximum absolute atomic E-state index is 12.9. The maximum Gasteiger partial charge on any atom is 0.306 e. The second-order valence-corrected chi connectivity index (χ2v) is 23.8. The molecule has 0 aliphatic carbocycles. The summed E-state index contributed by atoms with van der Waals surface area (Å²) in [6.07, 6.45) is 93.4. The molecule has 1 atom stereocenters. The molecule has 0 fully saturated rings. The van der Waals surface area contributed by atoms with Crippen LogP contribution in [-0.2, 0) is 28.6 Å². The molecule has 0 amide bonds. The van der Waals surface area contributed by atoms with Crippen LogP contribution in [0, 0.1) is 0 Å². The number of carbonyl (C=O) groups is 3. The van der Waals surface area contributed by atoms with Gasteiger partial charge in [-0.05, 0) is 116 Å². The van der Waals surface area contributed by atoms with Crippen molar-refractivity contribution in [3.8, 4) is 0 Å². The monoisotopic (exact) mass is 1140 g/mol. The van der Waals surface area contributed by atoms with Crippen molar-refractivity contribution in [3.05, 3.63) is 85.1 Å². The lowest BCUT2D eigenvalue weighted by atomic mass is 10.0. The minimum atomic E-state index is -0.785. The Morgan fingerprint density at radius 2 is 0.476 bits per heavy atom. The molecule has 6 heteroatoms. The summed E-state index contributed by atoms with van der Waals surface area (Å²) in [6, 6.07) is 0. The molecular formula is C76H134O6. The Labute approximate surface area is 509 Å². The summed E-state index contributed by atoms with van der Waals surface area (Å²) in [7, 11) is 0. The number of unbranched alkanes of at least 4 members (excludes halogenated alkanes) is 40. The zero-order valence-electron chi connectivity index (χ0n) is 54.5. The first-order valence-electron chi connectivity index (χ1n) is 35.6. The predicted molar refractivity (Wildman–Crippen MR) is 358 cm³/mol. The van der Waals surface area contributed by atoms with Crippen LogP contribution < -0.4 is 0 Å². The van der Waals surface area contributed by atoms with Gasteiger partial charge in [0, 0.05) is 19.3 Å². The molecular weight excluding hydrogens is 1010 g/mol. The van der Waals surface area contributed by atoms with Crippen molar-refractivity contribution in [2.75, 3.05) is 13.2 Å². The quantitative estimate of drug-likeness (QED) is 0.0261. The molecule has 0 aromatic carbocycles. The number of rotatable bonds is 65. The van der Waals surface area contributed by atoms with Gasteiger partial charge in [-0.3, -0.25) is 14.4 Å². The van der Waals surface area contributed by atoms with Gasteiger partial charge >= 0.3 is 17.9 Å². The number of hydrogen-bond donors (Lipinski definition) is 0. The molecule has 0 saturated carbocycles. The third kappa shape index (κ3) is 67.4. The van der Waals surface area contributed by atoms with E-state index < -0.39 is 6.10 Å². The molecule has 0 aliphatic rings. The van der Waals surface area contributed by atoms with E-state index in [0.717, 1.165) is 116 Å². The van der Waals surface area contributed by atoms with Gasteiger partial charge in [0.05, 0.1) is 0 Å². The van der Waals surface area contributed by atoms with Crippen molar-refractivity contribution in [1.29, 1.82) is 0 Å². The van der Waals surface area contributed by atoms with Crippen LogP contribution in [0.15, 0.2) is 85.1 Å². The lowest BCUT2D eigenvalue weighted by Gasteiger charge is -2.18. The van der Waals surface area contributed by atoms with Gasteiger partial charge in [-0.2, -0.15) is 0 Å². The Bertz CT molecular complexity index is 1550. The fourth-order valence-corrected chi connectivity index (χ4v) is 10.3. The van der Waals surface area contributed by atoms with Crippen LogP contribution in [0.25, 0.3) is 0 Å². The summed E-state index contributed by atoms with van der Waals surface area (Å²) in [4.78, 5) is 38.3. The molecule has 0 spiro atoms. The summed E-state index contributed by atoms with van der Waals surface area (Å²) < 4.78 is 16.9. The molecule has 0 radical (unpaired) electrons. The number of allylic oxidation sites excluding steroid dienone is 14. The first-order valence-corrected chi connectivity index (χ1v) is 35.6. The molecule has 0 aliphatic heterocycles. The van der Waals surface area contributed by atoms with Crippen molar-refractivity contribution < 1.29 is 28.6 Å². The van der Waals surface area contributed by atoms with Crippen LogP contribution in [0.5, 0.6) is 0 Å². The van der Waals surface area contributed by atoms with E-state index in [2.05, 4.69) is 106 Å². The highest BCUT2D eigenvalue weighted by Gasteiger charge is 2.19. The van der Waals surface area contributed by atoms with Crippen LogP contribution in [0.1, 0.15) is 361 Å². The second-order valence-electron chi connectivity index (χ2n) is 23.8. The SMILES string of the molecule is CC/C=C\C/C=C\C/C=C\C/C=C\CCCCCCCCCCCCCCCCCCCCCCCCC(=O)OCC(COC(=O)CCCCCCC/C=C\CCCCCCC)OC(=O)CCCCCCC/C=C\C/C=C\CCCCC. The number of ether oxygens (including phenoxy) is 3. The van der Waals surface area contributed by atoms with Gasteiger partial charge in [0.2, 0.25) is 0 Å². The summed E-state index contributed by atoms with van der Waals surface area (Å²) in [6.45, 7) is 6.51. The van der Waals surface area contributed by atoms with E-state index in [9.17, 15) is 14.4 Å². The van der Waals surface area contributed by atoms with Crippen LogP contribution in [0.4, 0.5) is 0 Å². The third-order valence-corrected chi connectivity index (χ3v) is 15.6. The van der Waals surface area contributed by atoms with E-state index in [1.807, 2.05) is 0 Å². The van der Waals surface area contributed by atoms with Crippen LogP contribution in [0.3, 0.4) is 0 Å². The molecule has 0 bridgehead atoms. The smallest absolute Gasteiger partial charge is 0.306 e. The molecule has 474 valence electrons. The Morgan fingerprint density at radius 3 is 0.780 bits per heavy atom. The highest BCUT2D eigenvalue weighted by molar-refractivity contribution is 5.71. The molecule has 82 heavy (non-hydrogen) atoms. The third-order valence-electron chi connectivity index (χ3n) is 15.6. The van der Waals surface area contributed by atoms with E-state index in [-0.39, 0.29) is 31.1 Å². The first kappa shape index (κ1) is 78.6. The molecule has 0 aromatic heterocycles. The normalized spacial score (nSPS) is 12.6. The first-order chi connectivity index (χ1) is 40.5. The Balaban J connectivity index is 4.11. The van der Waals surface area contributed by atoms with E-state index in [1.54, 1.807) is 0 Å². The minimum absolute atomic E-state index is 0.0802. The van der Waals surface area contributed by atoms with E-state index in [4.69, 9.17) is 14.2 Å². The number of carbonyl (C=O) groups excluding carboxylic acids is 3. The highest BCUT2D eigenvalue weighted by Crippen LogP contribution is 2.18. The summed E-state index contributed by atoms with van der Waals surface area (Å²) in [5.41, 5.74) is 0. The summed E-state index contributed by atoms with van der Waals surface area (Å²) >= 11 is 0. The van der Waals surface area contributed by atoms with Gasteiger partial charge in [-0.25, -0.2) is 0 Å². The summed E-state index contributed by atoms with van der Waals surface area (Å²) in [5, 5.41) is 0. The lowest BCUT2D eigenvalue weighted by Crippen LogP contribution is -2.30. The minimum Gasteiger partial charge on any atom is -0.462 e. The topological polar surface area (TPSA) is 78.9 Å². The molecule has 0 heterocycles. The fourth-order valence-electron chi connectivity index (χ4n) is 10.3. The van der Waals surface area contributed by atoms with Crippen molar-refractivity contribution in [3.63, 3.8) is 0 Å². The fraction of sp³-hybridized carbons (Fsp3) is 0.776. The largest absolute Gasteiger partial charge is 0.462 e. The molecule has 6 nitrogen and oxygen atoms in total. The average Bonchev–Trinajstić information content (AvgIpc) is 3.48. The molecule has 0 rings (SSSR count). The Hall–Kier alpha value is -3.41. The van der Waals surface area contributed by atoms with Crippen molar-refractivity contribution in [2.45, 2.75) is 367 Å². The van der Waals surface area contributed by atoms with Gasteiger partial charge < -0.3 is 14.2 Å². The van der Waals surface area contributed by atoms with Crippen LogP contribution in [-0.4, -0.2) is 37.2 Å². The standard InChI is InChI=1S/C76H134O6/c1-4-7-10-13-16-19-22-25-28-29-30-31-32-33-34-35-36-37-38-39-40-41-42-43-44-45-46-47-49-51-54-57-60-63-66-69-75(78)81-72-73(71-80-74(77)68-65-62-59-56-53-50-27-24-21-18-15-12-9-6-3)82-76(79)70-67-64-61-58-55-52-48-26-23-20-17-14-11-8-5-2/h7,10,16-17,19-20,24-28,30-31,48,73H,4-6,8-9,11-15,18,21-23,29,32-47,49-72H2,1-3H3/b10-7-,19-16-,20-17-,27-24-,28-25-,31-30-,48-26-. The summed E-state index contributed by atoms with van der Waals surface area (Å²) in [5.74, 6) is -0.885. The second kappa shape index (κ2) is 70.1. The van der Waals surface area contributed by atoms with E-state index >= 15 is 0 Å². The van der Waals surface area contributed by atoms with Gasteiger partial charge in [-0.15, -0.1) is 0 Å². The van der Waals surface area contributed by atoms with E-state index in [1.165, 1.54) is 205 Å². The average molecular weight is 1140 g/mol. The van der Waals surface area contributed by atoms with Gasteiger partial charge in [-0.1, -0.05) is 311 Å². The Morgan fingerprint density at radius 1 is 0.256 bits per heavy atom. The van der Waals surface area contributed by atoms with Crippen molar-refractivity contribution >= 4 is 17.9 Å². The van der Waals surface area contributed by atoms with Crippen molar-refractivity contribution in [1.82, 2.24) is 0 Å². The lowest BCUT2D eigenvalue weighted by molar-refractivity contribution is -0.167. The van der Waals surface area contributed by atoms with Gasteiger partial charge in [0.25, 0.3) is 0 Å². The van der Waals surface area contributed by atoms with Crippen LogP contribution >= 0.6 is 0 Å².